The monoisotopic (exact) mass is 323 g/mol. The third-order valence-electron chi connectivity index (χ3n) is 5.69. The van der Waals surface area contributed by atoms with E-state index in [4.69, 9.17) is 0 Å². The first-order valence-corrected chi connectivity index (χ1v) is 8.45. The molecule has 3 nitrogen and oxygen atoms in total. The number of hydrogen-bond donors (Lipinski definition) is 1. The Balaban J connectivity index is 1.44. The van der Waals surface area contributed by atoms with Crippen LogP contribution < -0.4 is 5.32 Å². The molecule has 2 bridgehead atoms. The van der Waals surface area contributed by atoms with Gasteiger partial charge in [0.05, 0.1) is 15.9 Å². The second-order valence-electron chi connectivity index (χ2n) is 6.56. The minimum Gasteiger partial charge on any atom is -0.308 e. The van der Waals surface area contributed by atoms with E-state index < -0.39 is 0 Å². The molecule has 4 heteroatoms. The van der Waals surface area contributed by atoms with Gasteiger partial charge in [0.25, 0.3) is 0 Å². The zero-order valence-corrected chi connectivity index (χ0v) is 13.3. The SMILES string of the molecule is CCn1nc(C)c(Br)c1CNC1C2C3CCC(C3)C12. The number of aryl methyl sites for hydroxylation is 2. The van der Waals surface area contributed by atoms with E-state index in [0.717, 1.165) is 48.5 Å². The number of halogens is 1. The Labute approximate surface area is 123 Å². The molecule has 1 aromatic rings. The van der Waals surface area contributed by atoms with Crippen LogP contribution in [0.3, 0.4) is 0 Å². The number of aromatic nitrogens is 2. The van der Waals surface area contributed by atoms with E-state index in [2.05, 4.69) is 44.9 Å². The summed E-state index contributed by atoms with van der Waals surface area (Å²) < 4.78 is 3.31. The Kier molecular flexibility index (Phi) is 2.82. The molecular weight excluding hydrogens is 302 g/mol. The molecule has 0 spiro atoms. The number of hydrogen-bond acceptors (Lipinski definition) is 2. The molecule has 1 heterocycles. The maximum Gasteiger partial charge on any atom is 0.0739 e. The first-order valence-electron chi connectivity index (χ1n) is 7.65. The third kappa shape index (κ3) is 1.75. The van der Waals surface area contributed by atoms with Crippen LogP contribution in [0.15, 0.2) is 4.47 Å². The van der Waals surface area contributed by atoms with Crippen LogP contribution in [0.25, 0.3) is 0 Å². The number of rotatable bonds is 4. The van der Waals surface area contributed by atoms with Crippen molar-refractivity contribution in [1.82, 2.24) is 15.1 Å². The summed E-state index contributed by atoms with van der Waals surface area (Å²) in [6.45, 7) is 6.15. The molecule has 4 rings (SSSR count). The van der Waals surface area contributed by atoms with E-state index >= 15 is 0 Å². The molecule has 0 aliphatic heterocycles. The van der Waals surface area contributed by atoms with Crippen LogP contribution in [-0.4, -0.2) is 15.8 Å². The van der Waals surface area contributed by atoms with Crippen molar-refractivity contribution in [3.63, 3.8) is 0 Å². The van der Waals surface area contributed by atoms with Gasteiger partial charge in [0, 0.05) is 19.1 Å². The third-order valence-corrected chi connectivity index (χ3v) is 6.72. The number of nitrogens with zero attached hydrogens (tertiary/aromatic N) is 2. The van der Waals surface area contributed by atoms with E-state index in [0.29, 0.717) is 0 Å². The normalized spacial score (nSPS) is 38.8. The fraction of sp³-hybridized carbons (Fsp3) is 0.800. The lowest BCUT2D eigenvalue weighted by molar-refractivity contribution is 0.453. The predicted octanol–water partition coefficient (Wildman–Crippen LogP) is 3.11. The Morgan fingerprint density at radius 2 is 2.00 bits per heavy atom. The first-order chi connectivity index (χ1) is 9.20. The van der Waals surface area contributed by atoms with Crippen LogP contribution in [-0.2, 0) is 13.1 Å². The fourth-order valence-electron chi connectivity index (χ4n) is 4.85. The highest BCUT2D eigenvalue weighted by Gasteiger charge is 2.64. The van der Waals surface area contributed by atoms with Crippen LogP contribution in [0, 0.1) is 30.6 Å². The average Bonchev–Trinajstić information content (AvgIpc) is 2.74. The van der Waals surface area contributed by atoms with Crippen LogP contribution in [0.1, 0.15) is 37.6 Å². The van der Waals surface area contributed by atoms with Gasteiger partial charge in [0.2, 0.25) is 0 Å². The second kappa shape index (κ2) is 4.32. The van der Waals surface area contributed by atoms with Crippen molar-refractivity contribution in [2.45, 2.75) is 52.2 Å². The second-order valence-corrected chi connectivity index (χ2v) is 7.35. The lowest BCUT2D eigenvalue weighted by Gasteiger charge is -2.11. The summed E-state index contributed by atoms with van der Waals surface area (Å²) in [5.74, 6) is 4.12. The Bertz CT molecular complexity index is 494. The molecule has 3 aliphatic rings. The minimum atomic E-state index is 0.804. The van der Waals surface area contributed by atoms with E-state index in [1.807, 2.05) is 0 Å². The van der Waals surface area contributed by atoms with E-state index in [-0.39, 0.29) is 0 Å². The van der Waals surface area contributed by atoms with Gasteiger partial charge in [-0.05, 0) is 72.7 Å². The quantitative estimate of drug-likeness (QED) is 0.922. The highest BCUT2D eigenvalue weighted by molar-refractivity contribution is 9.10. The summed E-state index contributed by atoms with van der Waals surface area (Å²) in [6.07, 6.45) is 4.53. The molecule has 3 saturated carbocycles. The molecule has 0 saturated heterocycles. The lowest BCUT2D eigenvalue weighted by atomic mass is 10.0. The van der Waals surface area contributed by atoms with Crippen molar-refractivity contribution in [2.24, 2.45) is 23.7 Å². The molecule has 0 amide bonds. The van der Waals surface area contributed by atoms with Gasteiger partial charge in [-0.1, -0.05) is 0 Å². The van der Waals surface area contributed by atoms with Crippen LogP contribution in [0.2, 0.25) is 0 Å². The minimum absolute atomic E-state index is 0.804. The zero-order valence-electron chi connectivity index (χ0n) is 11.7. The molecule has 4 atom stereocenters. The molecule has 0 radical (unpaired) electrons. The summed E-state index contributed by atoms with van der Waals surface area (Å²) in [5, 5.41) is 8.39. The van der Waals surface area contributed by atoms with Crippen molar-refractivity contribution in [1.29, 1.82) is 0 Å². The average molecular weight is 324 g/mol. The highest BCUT2D eigenvalue weighted by Crippen LogP contribution is 2.65. The Hall–Kier alpha value is -0.350. The summed E-state index contributed by atoms with van der Waals surface area (Å²) in [6, 6.07) is 0.804. The summed E-state index contributed by atoms with van der Waals surface area (Å²) >= 11 is 3.69. The van der Waals surface area contributed by atoms with Gasteiger partial charge < -0.3 is 5.32 Å². The summed E-state index contributed by atoms with van der Waals surface area (Å²) in [4.78, 5) is 0. The standard InChI is InChI=1S/C15H22BrN3/c1-3-19-11(14(16)8(2)18-19)7-17-15-12-9-4-5-10(6-9)13(12)15/h9-10,12-13,15,17H,3-7H2,1-2H3. The molecule has 0 aromatic carbocycles. The number of nitrogens with one attached hydrogen (secondary N) is 1. The molecule has 19 heavy (non-hydrogen) atoms. The van der Waals surface area contributed by atoms with Crippen molar-refractivity contribution in [2.75, 3.05) is 0 Å². The summed E-state index contributed by atoms with van der Waals surface area (Å²) in [5.41, 5.74) is 2.42. The van der Waals surface area contributed by atoms with Gasteiger partial charge in [0.1, 0.15) is 0 Å². The fourth-order valence-corrected chi connectivity index (χ4v) is 5.27. The van der Waals surface area contributed by atoms with Crippen LogP contribution in [0.4, 0.5) is 0 Å². The van der Waals surface area contributed by atoms with Gasteiger partial charge >= 0.3 is 0 Å². The van der Waals surface area contributed by atoms with Crippen LogP contribution in [0.5, 0.6) is 0 Å². The van der Waals surface area contributed by atoms with Crippen LogP contribution >= 0.6 is 15.9 Å². The number of fused-ring (bicyclic) bond motifs is 5. The molecule has 1 aromatic heterocycles. The Morgan fingerprint density at radius 1 is 1.32 bits per heavy atom. The van der Waals surface area contributed by atoms with Crippen molar-refractivity contribution < 1.29 is 0 Å². The molecule has 3 aliphatic carbocycles. The van der Waals surface area contributed by atoms with Gasteiger partial charge in [-0.25, -0.2) is 0 Å². The smallest absolute Gasteiger partial charge is 0.0739 e. The molecule has 4 unspecified atom stereocenters. The maximum atomic E-state index is 4.57. The largest absolute Gasteiger partial charge is 0.308 e. The van der Waals surface area contributed by atoms with Gasteiger partial charge in [-0.15, -0.1) is 0 Å². The maximum absolute atomic E-state index is 4.57. The molecule has 1 N–H and O–H groups in total. The molecule has 3 fully saturated rings. The van der Waals surface area contributed by atoms with Gasteiger partial charge in [-0.2, -0.15) is 5.10 Å². The van der Waals surface area contributed by atoms with E-state index in [1.54, 1.807) is 0 Å². The van der Waals surface area contributed by atoms with Crippen molar-refractivity contribution >= 4 is 15.9 Å². The van der Waals surface area contributed by atoms with Gasteiger partial charge in [0.15, 0.2) is 0 Å². The summed E-state index contributed by atoms with van der Waals surface area (Å²) in [7, 11) is 0. The molecule has 104 valence electrons. The van der Waals surface area contributed by atoms with Crippen molar-refractivity contribution in [3.8, 4) is 0 Å². The molecular formula is C15H22BrN3. The zero-order chi connectivity index (χ0) is 13.1. The van der Waals surface area contributed by atoms with Crippen molar-refractivity contribution in [3.05, 3.63) is 15.9 Å². The topological polar surface area (TPSA) is 29.9 Å². The first kappa shape index (κ1) is 12.4. The lowest BCUT2D eigenvalue weighted by Crippen LogP contribution is -2.24. The van der Waals surface area contributed by atoms with E-state index in [1.165, 1.54) is 29.4 Å². The van der Waals surface area contributed by atoms with Gasteiger partial charge in [-0.3, -0.25) is 4.68 Å². The highest BCUT2D eigenvalue weighted by atomic mass is 79.9. The van der Waals surface area contributed by atoms with E-state index in [9.17, 15) is 0 Å². The Morgan fingerprint density at radius 3 is 2.63 bits per heavy atom. The predicted molar refractivity (Wildman–Crippen MR) is 78.8 cm³/mol.